The number of hydrogen-bond acceptors (Lipinski definition) is 7. The number of aliphatic hydroxyl groups excluding tert-OH is 1. The molecule has 0 saturated carbocycles. The van der Waals surface area contributed by atoms with Gasteiger partial charge in [-0.2, -0.15) is 0 Å². The number of carbonyl (C=O) groups is 1. The maximum absolute atomic E-state index is 14.4. The number of halogens is 4. The van der Waals surface area contributed by atoms with Crippen LogP contribution in [-0.4, -0.2) is 95.9 Å². The Morgan fingerprint density at radius 1 is 1.17 bits per heavy atom. The Labute approximate surface area is 259 Å². The van der Waals surface area contributed by atoms with Gasteiger partial charge in [0.25, 0.3) is 0 Å². The Kier molecular flexibility index (Phi) is 11.4. The second-order valence-corrected chi connectivity index (χ2v) is 12.4. The smallest absolute Gasteiger partial charge is 0.241 e. The van der Waals surface area contributed by atoms with Gasteiger partial charge in [-0.3, -0.25) is 19.6 Å². The fourth-order valence-electron chi connectivity index (χ4n) is 6.33. The number of aromatic nitrogens is 1. The summed E-state index contributed by atoms with van der Waals surface area (Å²) in [4.78, 5) is 25.0. The summed E-state index contributed by atoms with van der Waals surface area (Å²) in [5.74, 6) is -1.57. The molecule has 3 aliphatic rings. The highest BCUT2D eigenvalue weighted by Gasteiger charge is 2.41. The zero-order chi connectivity index (χ0) is 28.8. The molecule has 1 aromatic carbocycles. The first kappa shape index (κ1) is 34.6. The number of fused-ring (bicyclic) bond motifs is 1. The average Bonchev–Trinajstić information content (AvgIpc) is 3.17. The van der Waals surface area contributed by atoms with Gasteiger partial charge in [-0.15, -0.1) is 24.8 Å². The van der Waals surface area contributed by atoms with Crippen LogP contribution < -0.4 is 10.2 Å². The number of piperazine rings is 1. The average molecular weight is 631 g/mol. The van der Waals surface area contributed by atoms with Crippen LogP contribution in [-0.2, 0) is 14.9 Å². The van der Waals surface area contributed by atoms with Crippen molar-refractivity contribution in [2.24, 2.45) is 0 Å². The summed E-state index contributed by atoms with van der Waals surface area (Å²) in [6, 6.07) is 5.88. The van der Waals surface area contributed by atoms with Crippen molar-refractivity contribution >= 4 is 36.4 Å². The molecule has 5 rings (SSSR count). The van der Waals surface area contributed by atoms with Crippen molar-refractivity contribution in [3.63, 3.8) is 0 Å². The van der Waals surface area contributed by atoms with Crippen LogP contribution in [0.4, 0.5) is 14.5 Å². The molecule has 12 heteroatoms. The number of benzene rings is 1. The van der Waals surface area contributed by atoms with Gasteiger partial charge in [0.1, 0.15) is 17.7 Å². The fraction of sp³-hybridized carbons (Fsp3) is 0.600. The van der Waals surface area contributed by atoms with Crippen molar-refractivity contribution in [1.82, 2.24) is 20.1 Å². The second kappa shape index (κ2) is 13.8. The van der Waals surface area contributed by atoms with Gasteiger partial charge in [-0.05, 0) is 32.9 Å². The number of pyridine rings is 1. The summed E-state index contributed by atoms with van der Waals surface area (Å²) in [5, 5.41) is 14.5. The summed E-state index contributed by atoms with van der Waals surface area (Å²) in [5.41, 5.74) is 1.32. The first-order valence-corrected chi connectivity index (χ1v) is 14.2. The van der Waals surface area contributed by atoms with E-state index in [0.717, 1.165) is 37.5 Å². The van der Waals surface area contributed by atoms with E-state index < -0.39 is 17.7 Å². The SMILES string of the molecule is CC1CN(CC(=O)N2CC(C)(C)c3ncc(C(O)c4ccc(F)cc4F)cc32)C(CN2C(C)COCC2C)CN1.Cl.Cl. The van der Waals surface area contributed by atoms with Crippen LogP contribution >= 0.6 is 24.8 Å². The van der Waals surface area contributed by atoms with Gasteiger partial charge in [0.2, 0.25) is 5.91 Å². The number of nitrogens with one attached hydrogen (secondary N) is 1. The lowest BCUT2D eigenvalue weighted by atomic mass is 9.90. The van der Waals surface area contributed by atoms with Gasteiger partial charge in [0, 0.05) is 79.2 Å². The first-order chi connectivity index (χ1) is 18.9. The molecule has 0 radical (unpaired) electrons. The highest BCUT2D eigenvalue weighted by molar-refractivity contribution is 5.97. The van der Waals surface area contributed by atoms with Crippen molar-refractivity contribution in [3.05, 3.63) is 58.9 Å². The Bertz CT molecular complexity index is 1250. The number of amides is 1. The molecule has 1 aromatic heterocycles. The normalized spacial score (nSPS) is 26.6. The molecule has 3 aliphatic heterocycles. The van der Waals surface area contributed by atoms with Crippen LogP contribution in [0.25, 0.3) is 0 Å². The van der Waals surface area contributed by atoms with E-state index in [1.165, 1.54) is 12.3 Å². The molecule has 5 unspecified atom stereocenters. The molecule has 2 saturated heterocycles. The van der Waals surface area contributed by atoms with Crippen LogP contribution in [0.5, 0.6) is 0 Å². The molecule has 5 atom stereocenters. The maximum Gasteiger partial charge on any atom is 0.241 e. The number of ether oxygens (including phenoxy) is 1. The largest absolute Gasteiger partial charge is 0.383 e. The molecule has 2 N–H and O–H groups in total. The number of aliphatic hydroxyl groups is 1. The molecular weight excluding hydrogens is 587 g/mol. The van der Waals surface area contributed by atoms with Crippen LogP contribution in [0.15, 0.2) is 30.5 Å². The van der Waals surface area contributed by atoms with Gasteiger partial charge in [0.05, 0.1) is 31.1 Å². The number of rotatable bonds is 6. The molecular formula is C30H43Cl2F2N5O3. The molecule has 2 aromatic rings. The lowest BCUT2D eigenvalue weighted by Crippen LogP contribution is -2.63. The molecule has 0 bridgehead atoms. The second-order valence-electron chi connectivity index (χ2n) is 12.4. The Morgan fingerprint density at radius 2 is 1.86 bits per heavy atom. The van der Waals surface area contributed by atoms with Crippen LogP contribution in [0.2, 0.25) is 0 Å². The minimum absolute atomic E-state index is 0. The van der Waals surface area contributed by atoms with E-state index in [1.54, 1.807) is 11.0 Å². The summed E-state index contributed by atoms with van der Waals surface area (Å²) in [6.45, 7) is 15.1. The predicted molar refractivity (Wildman–Crippen MR) is 164 cm³/mol. The van der Waals surface area contributed by atoms with Crippen molar-refractivity contribution < 1.29 is 23.4 Å². The molecule has 2 fully saturated rings. The van der Waals surface area contributed by atoms with Gasteiger partial charge in [-0.25, -0.2) is 8.78 Å². The third-order valence-electron chi connectivity index (χ3n) is 8.58. The third kappa shape index (κ3) is 7.07. The zero-order valence-electron chi connectivity index (χ0n) is 24.8. The third-order valence-corrected chi connectivity index (χ3v) is 8.58. The van der Waals surface area contributed by atoms with E-state index in [0.29, 0.717) is 43.1 Å². The number of hydrogen-bond donors (Lipinski definition) is 2. The van der Waals surface area contributed by atoms with E-state index >= 15 is 0 Å². The fourth-order valence-corrected chi connectivity index (χ4v) is 6.33. The first-order valence-electron chi connectivity index (χ1n) is 14.2. The minimum atomic E-state index is -1.34. The van der Waals surface area contributed by atoms with Crippen molar-refractivity contribution in [2.75, 3.05) is 50.8 Å². The Hall–Kier alpha value is -1.92. The molecule has 1 amide bonds. The van der Waals surface area contributed by atoms with Gasteiger partial charge in [-0.1, -0.05) is 19.9 Å². The summed E-state index contributed by atoms with van der Waals surface area (Å²) in [6.07, 6.45) is 0.177. The zero-order valence-corrected chi connectivity index (χ0v) is 26.5. The van der Waals surface area contributed by atoms with Crippen LogP contribution in [0.1, 0.15) is 57.5 Å². The molecule has 4 heterocycles. The van der Waals surface area contributed by atoms with Crippen molar-refractivity contribution in [2.45, 2.75) is 70.3 Å². The highest BCUT2D eigenvalue weighted by Crippen LogP contribution is 2.41. The van der Waals surface area contributed by atoms with Gasteiger partial charge >= 0.3 is 0 Å². The number of carbonyl (C=O) groups excluding carboxylic acids is 1. The standard InChI is InChI=1S/C30H41F2N5O3.2ClH/c1-18-12-35(23(11-33-18)13-36-19(2)15-40-16-20(36)3)14-27(38)37-17-30(4,5)29-26(37)8-21(10-34-29)28(39)24-7-6-22(31)9-25(24)32;;/h6-10,18-20,23,28,33,39H,11-17H2,1-5H3;2*1H. The Balaban J connectivity index is 0.00000242. The molecule has 0 spiro atoms. The van der Waals surface area contributed by atoms with Crippen LogP contribution in [0, 0.1) is 11.6 Å². The van der Waals surface area contributed by atoms with Crippen molar-refractivity contribution in [1.29, 1.82) is 0 Å². The number of morpholine rings is 1. The number of anilines is 1. The van der Waals surface area contributed by atoms with Gasteiger partial charge < -0.3 is 20.1 Å². The summed E-state index contributed by atoms with van der Waals surface area (Å²) >= 11 is 0. The molecule has 234 valence electrons. The lowest BCUT2D eigenvalue weighted by molar-refractivity contribution is -0.121. The topological polar surface area (TPSA) is 81.2 Å². The predicted octanol–water partition coefficient (Wildman–Crippen LogP) is 3.68. The van der Waals surface area contributed by atoms with Gasteiger partial charge in [0.15, 0.2) is 0 Å². The summed E-state index contributed by atoms with van der Waals surface area (Å²) in [7, 11) is 0. The summed E-state index contributed by atoms with van der Waals surface area (Å²) < 4.78 is 33.6. The maximum atomic E-state index is 14.4. The van der Waals surface area contributed by atoms with E-state index in [1.807, 2.05) is 13.8 Å². The molecule has 42 heavy (non-hydrogen) atoms. The lowest BCUT2D eigenvalue weighted by Gasteiger charge is -2.46. The van der Waals surface area contributed by atoms with Crippen molar-refractivity contribution in [3.8, 4) is 0 Å². The Morgan fingerprint density at radius 3 is 2.52 bits per heavy atom. The number of nitrogens with zero attached hydrogens (tertiary/aromatic N) is 4. The van der Waals surface area contributed by atoms with Crippen LogP contribution in [0.3, 0.4) is 0 Å². The minimum Gasteiger partial charge on any atom is -0.383 e. The van der Waals surface area contributed by atoms with E-state index in [2.05, 4.69) is 40.9 Å². The van der Waals surface area contributed by atoms with E-state index in [-0.39, 0.29) is 60.3 Å². The molecule has 0 aliphatic carbocycles. The van der Waals surface area contributed by atoms with E-state index in [9.17, 15) is 18.7 Å². The van der Waals surface area contributed by atoms with E-state index in [4.69, 9.17) is 4.74 Å². The monoisotopic (exact) mass is 629 g/mol. The quantitative estimate of drug-likeness (QED) is 0.505. The molecule has 8 nitrogen and oxygen atoms in total. The highest BCUT2D eigenvalue weighted by atomic mass is 35.5.